The third kappa shape index (κ3) is 4.54. The Bertz CT molecular complexity index is 931. The quantitative estimate of drug-likeness (QED) is 0.756. The van der Waals surface area contributed by atoms with Gasteiger partial charge in [0.1, 0.15) is 11.9 Å². The van der Waals surface area contributed by atoms with Crippen LogP contribution in [-0.4, -0.2) is 34.8 Å². The van der Waals surface area contributed by atoms with Gasteiger partial charge < -0.3 is 15.5 Å². The van der Waals surface area contributed by atoms with Crippen LogP contribution in [0, 0.1) is 11.3 Å². The molecule has 1 aromatic carbocycles. The summed E-state index contributed by atoms with van der Waals surface area (Å²) in [5.41, 5.74) is 2.48. The number of pyridine rings is 1. The molecule has 1 aliphatic heterocycles. The Morgan fingerprint density at radius 3 is 2.75 bits per heavy atom. The monoisotopic (exact) mass is 375 g/mol. The largest absolute Gasteiger partial charge is 0.368 e. The maximum absolute atomic E-state index is 12.4. The normalized spacial score (nSPS) is 14.7. The first-order valence-corrected chi connectivity index (χ1v) is 9.01. The topological polar surface area (TPSA) is 98.1 Å². The van der Waals surface area contributed by atoms with E-state index in [2.05, 4.69) is 15.6 Å². The number of carbonyl (C=O) groups excluding carboxylic acids is 2. The molecule has 3 rings (SSSR count). The minimum atomic E-state index is -0.313. The molecule has 0 fully saturated rings. The van der Waals surface area contributed by atoms with Gasteiger partial charge in [-0.2, -0.15) is 5.26 Å². The molecule has 1 aliphatic rings. The van der Waals surface area contributed by atoms with E-state index in [0.29, 0.717) is 24.5 Å². The lowest BCUT2D eigenvalue weighted by atomic mass is 9.93. The molecule has 0 bridgehead atoms. The first kappa shape index (κ1) is 19.1. The zero-order valence-corrected chi connectivity index (χ0v) is 15.6. The molecule has 1 aromatic heterocycles. The average molecular weight is 375 g/mol. The number of anilines is 1. The van der Waals surface area contributed by atoms with E-state index in [4.69, 9.17) is 5.26 Å². The van der Waals surface area contributed by atoms with E-state index < -0.39 is 0 Å². The summed E-state index contributed by atoms with van der Waals surface area (Å²) in [5.74, 6) is 0.412. The molecule has 0 radical (unpaired) electrons. The minimum absolute atomic E-state index is 0.0999. The molecule has 0 saturated carbocycles. The van der Waals surface area contributed by atoms with Crippen molar-refractivity contribution in [2.45, 2.75) is 19.4 Å². The van der Waals surface area contributed by atoms with Crippen molar-refractivity contribution < 1.29 is 9.59 Å². The number of nitrogens with zero attached hydrogens (tertiary/aromatic N) is 3. The summed E-state index contributed by atoms with van der Waals surface area (Å²) in [6.45, 7) is 2.42. The predicted molar refractivity (Wildman–Crippen MR) is 106 cm³/mol. The van der Waals surface area contributed by atoms with Gasteiger partial charge in [-0.05, 0) is 29.3 Å². The first-order valence-electron chi connectivity index (χ1n) is 9.01. The van der Waals surface area contributed by atoms with Crippen molar-refractivity contribution in [3.63, 3.8) is 0 Å². The number of carbonyl (C=O) groups is 2. The molecule has 0 saturated heterocycles. The highest BCUT2D eigenvalue weighted by Crippen LogP contribution is 2.32. The molecular formula is C21H21N5O2. The van der Waals surface area contributed by atoms with Crippen LogP contribution in [0.4, 0.5) is 5.82 Å². The van der Waals surface area contributed by atoms with Gasteiger partial charge >= 0.3 is 0 Å². The molecule has 2 N–H and O–H groups in total. The summed E-state index contributed by atoms with van der Waals surface area (Å²) in [5, 5.41) is 14.7. The van der Waals surface area contributed by atoms with E-state index in [1.54, 1.807) is 23.2 Å². The first-order chi connectivity index (χ1) is 13.6. The molecule has 7 heteroatoms. The molecule has 2 amide bonds. The van der Waals surface area contributed by atoms with E-state index >= 15 is 0 Å². The third-order valence-corrected chi connectivity index (χ3v) is 4.49. The Labute approximate surface area is 163 Å². The standard InChI is InChI=1S/C21H21N5O2/c1-15(27)26-11-8-17-4-2-3-5-18(17)19(26)12-21(28)24-10-9-23-20-7-6-16(13-22)14-25-20/h2-8,11,14,19H,9-10,12H2,1H3,(H,23,25)(H,24,28). The van der Waals surface area contributed by atoms with Crippen LogP contribution in [0.3, 0.4) is 0 Å². The molecule has 0 aliphatic carbocycles. The molecule has 1 atom stereocenters. The highest BCUT2D eigenvalue weighted by atomic mass is 16.2. The molecule has 142 valence electrons. The van der Waals surface area contributed by atoms with Crippen molar-refractivity contribution in [2.24, 2.45) is 0 Å². The van der Waals surface area contributed by atoms with Crippen LogP contribution in [0.25, 0.3) is 6.08 Å². The fourth-order valence-electron chi connectivity index (χ4n) is 3.12. The van der Waals surface area contributed by atoms with Crippen LogP contribution < -0.4 is 10.6 Å². The van der Waals surface area contributed by atoms with Gasteiger partial charge in [-0.3, -0.25) is 9.59 Å². The van der Waals surface area contributed by atoms with Crippen LogP contribution >= 0.6 is 0 Å². The summed E-state index contributed by atoms with van der Waals surface area (Å²) in [6.07, 6.45) is 5.31. The zero-order valence-electron chi connectivity index (χ0n) is 15.6. The lowest BCUT2D eigenvalue weighted by Gasteiger charge is -2.32. The maximum Gasteiger partial charge on any atom is 0.223 e. The maximum atomic E-state index is 12.4. The second-order valence-electron chi connectivity index (χ2n) is 6.41. The lowest BCUT2D eigenvalue weighted by molar-refractivity contribution is -0.129. The Kier molecular flexibility index (Phi) is 6.02. The van der Waals surface area contributed by atoms with Gasteiger partial charge in [0.2, 0.25) is 11.8 Å². The fraction of sp³-hybridized carbons (Fsp3) is 0.238. The summed E-state index contributed by atoms with van der Waals surface area (Å²) in [4.78, 5) is 30.1. The Hall–Kier alpha value is -3.66. The number of hydrogen-bond donors (Lipinski definition) is 2. The number of amides is 2. The number of aromatic nitrogens is 1. The van der Waals surface area contributed by atoms with Crippen LogP contribution in [0.15, 0.2) is 48.8 Å². The Morgan fingerprint density at radius 2 is 2.04 bits per heavy atom. The molecule has 2 aromatic rings. The third-order valence-electron chi connectivity index (χ3n) is 4.49. The van der Waals surface area contributed by atoms with Crippen LogP contribution in [0.2, 0.25) is 0 Å². The SMILES string of the molecule is CC(=O)N1C=Cc2ccccc2C1CC(=O)NCCNc1ccc(C#N)cn1. The van der Waals surface area contributed by atoms with Crippen LogP contribution in [0.1, 0.15) is 36.1 Å². The van der Waals surface area contributed by atoms with Gasteiger partial charge in [-0.15, -0.1) is 0 Å². The van der Waals surface area contributed by atoms with Crippen molar-refractivity contribution in [1.82, 2.24) is 15.2 Å². The van der Waals surface area contributed by atoms with Crippen molar-refractivity contribution in [3.05, 3.63) is 65.5 Å². The van der Waals surface area contributed by atoms with E-state index in [1.807, 2.05) is 36.4 Å². The van der Waals surface area contributed by atoms with Gasteiger partial charge in [-0.25, -0.2) is 4.98 Å². The molecule has 1 unspecified atom stereocenters. The number of hydrogen-bond acceptors (Lipinski definition) is 5. The molecule has 2 heterocycles. The van der Waals surface area contributed by atoms with Crippen molar-refractivity contribution in [2.75, 3.05) is 18.4 Å². The highest BCUT2D eigenvalue weighted by molar-refractivity contribution is 5.81. The Balaban J connectivity index is 1.53. The van der Waals surface area contributed by atoms with Gasteiger partial charge in [0.05, 0.1) is 18.0 Å². The molecular weight excluding hydrogens is 354 g/mol. The van der Waals surface area contributed by atoms with Crippen LogP contribution in [0.5, 0.6) is 0 Å². The fourth-order valence-corrected chi connectivity index (χ4v) is 3.12. The van der Waals surface area contributed by atoms with Crippen molar-refractivity contribution in [1.29, 1.82) is 5.26 Å². The van der Waals surface area contributed by atoms with E-state index in [-0.39, 0.29) is 24.3 Å². The van der Waals surface area contributed by atoms with Crippen LogP contribution in [-0.2, 0) is 9.59 Å². The zero-order chi connectivity index (χ0) is 19.9. The average Bonchev–Trinajstić information content (AvgIpc) is 2.71. The van der Waals surface area contributed by atoms with Gasteiger partial charge in [0.25, 0.3) is 0 Å². The summed E-state index contributed by atoms with van der Waals surface area (Å²) in [6, 6.07) is 12.9. The van der Waals surface area contributed by atoms with E-state index in [0.717, 1.165) is 11.1 Å². The predicted octanol–water partition coefficient (Wildman–Crippen LogP) is 2.45. The van der Waals surface area contributed by atoms with E-state index in [1.165, 1.54) is 13.1 Å². The Morgan fingerprint density at radius 1 is 1.21 bits per heavy atom. The number of rotatable bonds is 6. The number of nitriles is 1. The number of nitrogens with one attached hydrogen (secondary N) is 2. The molecule has 28 heavy (non-hydrogen) atoms. The van der Waals surface area contributed by atoms with Gasteiger partial charge in [0, 0.05) is 32.4 Å². The highest BCUT2D eigenvalue weighted by Gasteiger charge is 2.27. The minimum Gasteiger partial charge on any atom is -0.368 e. The summed E-state index contributed by atoms with van der Waals surface area (Å²) in [7, 11) is 0. The lowest BCUT2D eigenvalue weighted by Crippen LogP contribution is -2.36. The van der Waals surface area contributed by atoms with Crippen molar-refractivity contribution >= 4 is 23.7 Å². The molecule has 7 nitrogen and oxygen atoms in total. The second-order valence-corrected chi connectivity index (χ2v) is 6.41. The number of fused-ring (bicyclic) bond motifs is 1. The van der Waals surface area contributed by atoms with Crippen molar-refractivity contribution in [3.8, 4) is 6.07 Å². The van der Waals surface area contributed by atoms with Gasteiger partial charge in [-0.1, -0.05) is 24.3 Å². The second kappa shape index (κ2) is 8.82. The van der Waals surface area contributed by atoms with Gasteiger partial charge in [0.15, 0.2) is 0 Å². The summed E-state index contributed by atoms with van der Waals surface area (Å²) < 4.78 is 0. The van der Waals surface area contributed by atoms with E-state index in [9.17, 15) is 9.59 Å². The summed E-state index contributed by atoms with van der Waals surface area (Å²) >= 11 is 0. The smallest absolute Gasteiger partial charge is 0.223 e. The number of benzene rings is 1. The molecule has 0 spiro atoms.